The molecule has 5 nitrogen and oxygen atoms in total. The van der Waals surface area contributed by atoms with E-state index in [-0.39, 0.29) is 35.2 Å². The molecule has 26 heavy (non-hydrogen) atoms. The zero-order chi connectivity index (χ0) is 18.1. The minimum atomic E-state index is -0.413. The molecule has 2 heterocycles. The molecule has 1 aliphatic rings. The van der Waals surface area contributed by atoms with Crippen LogP contribution in [0.5, 0.6) is 11.5 Å². The average molecular weight is 345 g/mol. The van der Waals surface area contributed by atoms with Crippen molar-refractivity contribution < 1.29 is 19.4 Å². The maximum Gasteiger partial charge on any atom is 0.312 e. The number of esters is 1. The van der Waals surface area contributed by atoms with Crippen molar-refractivity contribution in [3.8, 4) is 11.5 Å². The first-order valence-corrected chi connectivity index (χ1v) is 8.21. The number of ketones is 1. The largest absolute Gasteiger partial charge is 0.507 e. The summed E-state index contributed by atoms with van der Waals surface area (Å²) < 4.78 is 5.27. The van der Waals surface area contributed by atoms with Crippen LogP contribution >= 0.6 is 0 Å². The molecule has 5 heteroatoms. The van der Waals surface area contributed by atoms with E-state index in [0.29, 0.717) is 11.1 Å². The van der Waals surface area contributed by atoms with Gasteiger partial charge >= 0.3 is 5.97 Å². The maximum atomic E-state index is 12.8. The van der Waals surface area contributed by atoms with Gasteiger partial charge in [0.2, 0.25) is 0 Å². The highest BCUT2D eigenvalue weighted by atomic mass is 16.5. The van der Waals surface area contributed by atoms with Gasteiger partial charge in [-0.3, -0.25) is 14.6 Å². The van der Waals surface area contributed by atoms with E-state index in [1.54, 1.807) is 48.8 Å². The van der Waals surface area contributed by atoms with Gasteiger partial charge in [-0.25, -0.2) is 0 Å². The highest BCUT2D eigenvalue weighted by molar-refractivity contribution is 6.11. The molecule has 128 valence electrons. The fraction of sp³-hybridized carbons (Fsp3) is 0.0952. The lowest BCUT2D eigenvalue weighted by Gasteiger charge is -2.26. The molecule has 0 unspecified atom stereocenters. The molecule has 0 fully saturated rings. The topological polar surface area (TPSA) is 76.5 Å². The van der Waals surface area contributed by atoms with E-state index < -0.39 is 5.92 Å². The minimum absolute atomic E-state index is 0.0786. The Morgan fingerprint density at radius 3 is 2.62 bits per heavy atom. The first-order valence-electron chi connectivity index (χ1n) is 8.21. The molecule has 1 aromatic heterocycles. The zero-order valence-electron chi connectivity index (χ0n) is 13.8. The summed E-state index contributed by atoms with van der Waals surface area (Å²) >= 11 is 0. The van der Waals surface area contributed by atoms with Crippen molar-refractivity contribution in [3.63, 3.8) is 0 Å². The SMILES string of the molecule is O=C1C[C@H](c2cccnc2)c2c(ccc(C(=O)c3ccccc3)c2O)O1. The Hall–Kier alpha value is -3.47. The monoisotopic (exact) mass is 345 g/mol. The molecule has 0 amide bonds. The smallest absolute Gasteiger partial charge is 0.312 e. The van der Waals surface area contributed by atoms with Crippen molar-refractivity contribution in [3.05, 3.63) is 89.2 Å². The Labute approximate surface area is 149 Å². The van der Waals surface area contributed by atoms with Crippen LogP contribution in [-0.2, 0) is 4.79 Å². The highest BCUT2D eigenvalue weighted by Gasteiger charge is 2.33. The van der Waals surface area contributed by atoms with Crippen LogP contribution in [0.2, 0.25) is 0 Å². The van der Waals surface area contributed by atoms with Gasteiger partial charge in [-0.2, -0.15) is 0 Å². The summed E-state index contributed by atoms with van der Waals surface area (Å²) in [5, 5.41) is 10.9. The molecule has 1 aliphatic heterocycles. The molecule has 0 spiro atoms. The van der Waals surface area contributed by atoms with Crippen LogP contribution in [0.15, 0.2) is 67.0 Å². The fourth-order valence-corrected chi connectivity index (χ4v) is 3.24. The van der Waals surface area contributed by atoms with Gasteiger partial charge in [0.1, 0.15) is 11.5 Å². The van der Waals surface area contributed by atoms with Crippen molar-refractivity contribution in [2.75, 3.05) is 0 Å². The van der Waals surface area contributed by atoms with Crippen LogP contribution in [0.1, 0.15) is 39.4 Å². The lowest BCUT2D eigenvalue weighted by Crippen LogP contribution is -2.22. The number of hydrogen-bond acceptors (Lipinski definition) is 5. The van der Waals surface area contributed by atoms with Gasteiger partial charge in [-0.1, -0.05) is 36.4 Å². The van der Waals surface area contributed by atoms with Crippen LogP contribution in [0, 0.1) is 0 Å². The predicted molar refractivity (Wildman–Crippen MR) is 94.3 cm³/mol. The number of phenolic OH excluding ortho intramolecular Hbond substituents is 1. The number of hydrogen-bond donors (Lipinski definition) is 1. The van der Waals surface area contributed by atoms with Crippen LogP contribution < -0.4 is 4.74 Å². The molecule has 1 atom stereocenters. The second-order valence-corrected chi connectivity index (χ2v) is 6.09. The normalized spacial score (nSPS) is 15.8. The second kappa shape index (κ2) is 6.44. The second-order valence-electron chi connectivity index (χ2n) is 6.09. The number of carbonyl (C=O) groups excluding carboxylic acids is 2. The number of rotatable bonds is 3. The summed E-state index contributed by atoms with van der Waals surface area (Å²) in [5.41, 5.74) is 1.89. The van der Waals surface area contributed by atoms with E-state index in [4.69, 9.17) is 4.74 Å². The van der Waals surface area contributed by atoms with Crippen LogP contribution in [0.25, 0.3) is 0 Å². The molecular formula is C21H15NO4. The van der Waals surface area contributed by atoms with Crippen LogP contribution in [-0.4, -0.2) is 21.8 Å². The average Bonchev–Trinajstić information content (AvgIpc) is 2.68. The number of ether oxygens (including phenoxy) is 1. The third-order valence-electron chi connectivity index (χ3n) is 4.49. The summed E-state index contributed by atoms with van der Waals surface area (Å²) in [5.74, 6) is -0.959. The van der Waals surface area contributed by atoms with Crippen molar-refractivity contribution >= 4 is 11.8 Å². The Morgan fingerprint density at radius 2 is 1.88 bits per heavy atom. The number of benzene rings is 2. The van der Waals surface area contributed by atoms with Gasteiger partial charge in [0, 0.05) is 29.4 Å². The van der Waals surface area contributed by atoms with Gasteiger partial charge in [0.05, 0.1) is 12.0 Å². The number of aromatic nitrogens is 1. The first-order chi connectivity index (χ1) is 12.6. The molecule has 0 bridgehead atoms. The zero-order valence-corrected chi connectivity index (χ0v) is 13.8. The predicted octanol–water partition coefficient (Wildman–Crippen LogP) is 3.46. The lowest BCUT2D eigenvalue weighted by atomic mass is 9.84. The minimum Gasteiger partial charge on any atom is -0.507 e. The molecule has 3 aromatic rings. The number of phenols is 1. The third kappa shape index (κ3) is 2.73. The number of carbonyl (C=O) groups is 2. The van der Waals surface area contributed by atoms with Crippen LogP contribution in [0.3, 0.4) is 0 Å². The molecule has 0 aliphatic carbocycles. The van der Waals surface area contributed by atoms with E-state index in [1.165, 1.54) is 6.07 Å². The van der Waals surface area contributed by atoms with Crippen molar-refractivity contribution in [1.82, 2.24) is 4.98 Å². The Morgan fingerprint density at radius 1 is 1.08 bits per heavy atom. The molecule has 0 saturated carbocycles. The van der Waals surface area contributed by atoms with Gasteiger partial charge in [-0.15, -0.1) is 0 Å². The summed E-state index contributed by atoms with van der Waals surface area (Å²) in [6.07, 6.45) is 3.37. The van der Waals surface area contributed by atoms with Gasteiger partial charge < -0.3 is 9.84 Å². The summed E-state index contributed by atoms with van der Waals surface area (Å²) in [6.45, 7) is 0. The molecule has 0 saturated heterocycles. The third-order valence-corrected chi connectivity index (χ3v) is 4.49. The molecule has 2 aromatic carbocycles. The standard InChI is InChI=1S/C21H15NO4/c23-18-11-16(14-7-4-10-22-12-14)19-17(26-18)9-8-15(21(19)25)20(24)13-5-2-1-3-6-13/h1-10,12,16,25H,11H2/t16-/m1/s1. The first kappa shape index (κ1) is 16.0. The van der Waals surface area contributed by atoms with Crippen molar-refractivity contribution in [2.45, 2.75) is 12.3 Å². The number of fused-ring (bicyclic) bond motifs is 1. The van der Waals surface area contributed by atoms with E-state index >= 15 is 0 Å². The Bertz CT molecular complexity index is 984. The fourth-order valence-electron chi connectivity index (χ4n) is 3.24. The van der Waals surface area contributed by atoms with Gasteiger partial charge in [0.25, 0.3) is 0 Å². The molecule has 0 radical (unpaired) electrons. The summed E-state index contributed by atoms with van der Waals surface area (Å²) in [7, 11) is 0. The van der Waals surface area contributed by atoms with Crippen molar-refractivity contribution in [2.24, 2.45) is 0 Å². The van der Waals surface area contributed by atoms with Gasteiger partial charge in [-0.05, 0) is 23.8 Å². The lowest BCUT2D eigenvalue weighted by molar-refractivity contribution is -0.135. The van der Waals surface area contributed by atoms with E-state index in [9.17, 15) is 14.7 Å². The molecule has 4 rings (SSSR count). The van der Waals surface area contributed by atoms with E-state index in [1.807, 2.05) is 12.1 Å². The van der Waals surface area contributed by atoms with E-state index in [2.05, 4.69) is 4.98 Å². The molecular weight excluding hydrogens is 330 g/mol. The number of nitrogens with zero attached hydrogens (tertiary/aromatic N) is 1. The van der Waals surface area contributed by atoms with Crippen LogP contribution in [0.4, 0.5) is 0 Å². The number of aromatic hydroxyl groups is 1. The van der Waals surface area contributed by atoms with Gasteiger partial charge in [0.15, 0.2) is 5.78 Å². The summed E-state index contributed by atoms with van der Waals surface area (Å²) in [6, 6.07) is 15.4. The quantitative estimate of drug-likeness (QED) is 0.447. The highest BCUT2D eigenvalue weighted by Crippen LogP contribution is 2.45. The Kier molecular flexibility index (Phi) is 3.97. The van der Waals surface area contributed by atoms with Crippen molar-refractivity contribution in [1.29, 1.82) is 0 Å². The Balaban J connectivity index is 1.85. The maximum absolute atomic E-state index is 12.8. The number of pyridine rings is 1. The summed E-state index contributed by atoms with van der Waals surface area (Å²) in [4.78, 5) is 28.8. The van der Waals surface area contributed by atoms with E-state index in [0.717, 1.165) is 5.56 Å². The molecule has 1 N–H and O–H groups in total.